The molecule has 0 unspecified atom stereocenters. The van der Waals surface area contributed by atoms with Crippen molar-refractivity contribution in [3.8, 4) is 0 Å². The standard InChI is InChI=1S/C12H17NO3S/c14-12(15)9-13(7-10-3-1-5-16-10)8-11-4-2-6-17-11/h2,4,6,10H,1,3,5,7-9H2,(H,14,15)/t10-/m0/s1. The molecule has 1 saturated heterocycles. The largest absolute Gasteiger partial charge is 0.480 e. The normalized spacial score (nSPS) is 19.9. The van der Waals surface area contributed by atoms with Crippen molar-refractivity contribution in [2.45, 2.75) is 25.5 Å². The molecule has 2 heterocycles. The van der Waals surface area contributed by atoms with Gasteiger partial charge in [-0.1, -0.05) is 6.07 Å². The van der Waals surface area contributed by atoms with Crippen molar-refractivity contribution in [3.05, 3.63) is 22.4 Å². The van der Waals surface area contributed by atoms with Gasteiger partial charge in [-0.2, -0.15) is 0 Å². The molecular formula is C12H17NO3S. The number of nitrogens with zero attached hydrogens (tertiary/aromatic N) is 1. The molecule has 1 N–H and O–H groups in total. The zero-order chi connectivity index (χ0) is 12.1. The van der Waals surface area contributed by atoms with Gasteiger partial charge in [0.05, 0.1) is 12.6 Å². The number of carboxylic acids is 1. The van der Waals surface area contributed by atoms with Crippen LogP contribution in [0.5, 0.6) is 0 Å². The third-order valence-corrected chi connectivity index (χ3v) is 3.67. The molecule has 0 radical (unpaired) electrons. The quantitative estimate of drug-likeness (QED) is 0.842. The predicted molar refractivity (Wildman–Crippen MR) is 66.2 cm³/mol. The number of hydrogen-bond acceptors (Lipinski definition) is 4. The summed E-state index contributed by atoms with van der Waals surface area (Å²) in [5, 5.41) is 10.9. The molecule has 0 aromatic carbocycles. The van der Waals surface area contributed by atoms with Gasteiger partial charge in [0.25, 0.3) is 0 Å². The Morgan fingerprint density at radius 1 is 1.65 bits per heavy atom. The van der Waals surface area contributed by atoms with Crippen LogP contribution in [-0.2, 0) is 16.1 Å². The summed E-state index contributed by atoms with van der Waals surface area (Å²) in [4.78, 5) is 14.0. The highest BCUT2D eigenvalue weighted by atomic mass is 32.1. The highest BCUT2D eigenvalue weighted by Crippen LogP contribution is 2.16. The molecule has 0 bridgehead atoms. The second-order valence-corrected chi connectivity index (χ2v) is 5.31. The van der Waals surface area contributed by atoms with Gasteiger partial charge in [-0.25, -0.2) is 0 Å². The Hall–Kier alpha value is -0.910. The number of hydrogen-bond donors (Lipinski definition) is 1. The molecule has 1 atom stereocenters. The summed E-state index contributed by atoms with van der Waals surface area (Å²) >= 11 is 1.66. The Kier molecular flexibility index (Phi) is 4.53. The number of carbonyl (C=O) groups is 1. The van der Waals surface area contributed by atoms with E-state index in [-0.39, 0.29) is 12.6 Å². The lowest BCUT2D eigenvalue weighted by molar-refractivity contribution is -0.138. The fourth-order valence-electron chi connectivity index (χ4n) is 2.08. The third kappa shape index (κ3) is 4.11. The summed E-state index contributed by atoms with van der Waals surface area (Å²) in [7, 11) is 0. The molecular weight excluding hydrogens is 238 g/mol. The van der Waals surface area contributed by atoms with Gasteiger partial charge < -0.3 is 9.84 Å². The second-order valence-electron chi connectivity index (χ2n) is 4.28. The van der Waals surface area contributed by atoms with E-state index >= 15 is 0 Å². The van der Waals surface area contributed by atoms with E-state index in [4.69, 9.17) is 9.84 Å². The molecule has 0 saturated carbocycles. The molecule has 4 nitrogen and oxygen atoms in total. The predicted octanol–water partition coefficient (Wildman–Crippen LogP) is 1.81. The molecule has 0 aliphatic carbocycles. The zero-order valence-electron chi connectivity index (χ0n) is 9.67. The minimum absolute atomic E-state index is 0.0811. The first-order chi connectivity index (χ1) is 8.24. The van der Waals surface area contributed by atoms with Gasteiger partial charge in [0.15, 0.2) is 0 Å². The summed E-state index contributed by atoms with van der Waals surface area (Å²) in [6.45, 7) is 2.30. The van der Waals surface area contributed by atoms with E-state index in [9.17, 15) is 4.79 Å². The molecule has 0 spiro atoms. The molecule has 1 aromatic rings. The molecule has 2 rings (SSSR count). The second kappa shape index (κ2) is 6.14. The molecule has 1 aliphatic heterocycles. The third-order valence-electron chi connectivity index (χ3n) is 2.80. The van der Waals surface area contributed by atoms with Crippen LogP contribution in [0.3, 0.4) is 0 Å². The lowest BCUT2D eigenvalue weighted by Crippen LogP contribution is -2.35. The van der Waals surface area contributed by atoms with E-state index in [2.05, 4.69) is 0 Å². The first kappa shape index (κ1) is 12.5. The maximum atomic E-state index is 10.8. The highest BCUT2D eigenvalue weighted by molar-refractivity contribution is 7.09. The van der Waals surface area contributed by atoms with Gasteiger partial charge in [-0.3, -0.25) is 9.69 Å². The SMILES string of the molecule is O=C(O)CN(Cc1cccs1)C[C@@H]1CCCO1. The summed E-state index contributed by atoms with van der Waals surface area (Å²) in [6, 6.07) is 4.03. The van der Waals surface area contributed by atoms with Gasteiger partial charge in [0.1, 0.15) is 0 Å². The Labute approximate surface area is 105 Å². The smallest absolute Gasteiger partial charge is 0.317 e. The van der Waals surface area contributed by atoms with Crippen molar-refractivity contribution in [1.29, 1.82) is 0 Å². The Morgan fingerprint density at radius 3 is 3.12 bits per heavy atom. The molecule has 17 heavy (non-hydrogen) atoms. The Balaban J connectivity index is 1.89. The van der Waals surface area contributed by atoms with Crippen molar-refractivity contribution in [3.63, 3.8) is 0 Å². The first-order valence-corrected chi connectivity index (χ1v) is 6.70. The minimum Gasteiger partial charge on any atom is -0.480 e. The van der Waals surface area contributed by atoms with Crippen LogP contribution < -0.4 is 0 Å². The lowest BCUT2D eigenvalue weighted by Gasteiger charge is -2.22. The fourth-order valence-corrected chi connectivity index (χ4v) is 2.82. The lowest BCUT2D eigenvalue weighted by atomic mass is 10.2. The van der Waals surface area contributed by atoms with Crippen molar-refractivity contribution in [2.24, 2.45) is 0 Å². The van der Waals surface area contributed by atoms with Crippen LogP contribution in [0.2, 0.25) is 0 Å². The number of aliphatic carboxylic acids is 1. The van der Waals surface area contributed by atoms with Gasteiger partial charge >= 0.3 is 5.97 Å². The van der Waals surface area contributed by atoms with Gasteiger partial charge in [-0.05, 0) is 24.3 Å². The van der Waals surface area contributed by atoms with Crippen LogP contribution in [-0.4, -0.2) is 41.8 Å². The van der Waals surface area contributed by atoms with Crippen LogP contribution in [0.25, 0.3) is 0 Å². The number of ether oxygens (including phenoxy) is 1. The number of rotatable bonds is 6. The summed E-state index contributed by atoms with van der Waals surface area (Å²) in [5.41, 5.74) is 0. The highest BCUT2D eigenvalue weighted by Gasteiger charge is 2.20. The maximum absolute atomic E-state index is 10.8. The van der Waals surface area contributed by atoms with Crippen LogP contribution in [0, 0.1) is 0 Å². The van der Waals surface area contributed by atoms with E-state index in [1.165, 1.54) is 4.88 Å². The first-order valence-electron chi connectivity index (χ1n) is 5.82. The van der Waals surface area contributed by atoms with Crippen molar-refractivity contribution >= 4 is 17.3 Å². The van der Waals surface area contributed by atoms with Crippen molar-refractivity contribution in [1.82, 2.24) is 4.90 Å². The van der Waals surface area contributed by atoms with Crippen LogP contribution in [0.15, 0.2) is 17.5 Å². The van der Waals surface area contributed by atoms with E-state index < -0.39 is 5.97 Å². The zero-order valence-corrected chi connectivity index (χ0v) is 10.5. The minimum atomic E-state index is -0.778. The monoisotopic (exact) mass is 255 g/mol. The van der Waals surface area contributed by atoms with Crippen LogP contribution >= 0.6 is 11.3 Å². The van der Waals surface area contributed by atoms with Crippen molar-refractivity contribution < 1.29 is 14.6 Å². The summed E-state index contributed by atoms with van der Waals surface area (Å²) in [5.74, 6) is -0.778. The molecule has 1 aromatic heterocycles. The topological polar surface area (TPSA) is 49.8 Å². The summed E-state index contributed by atoms with van der Waals surface area (Å²) < 4.78 is 5.55. The van der Waals surface area contributed by atoms with E-state index in [1.54, 1.807) is 11.3 Å². The average molecular weight is 255 g/mol. The Morgan fingerprint density at radius 2 is 2.53 bits per heavy atom. The van der Waals surface area contributed by atoms with E-state index in [1.807, 2.05) is 22.4 Å². The Bertz CT molecular complexity index is 347. The molecule has 94 valence electrons. The molecule has 5 heteroatoms. The summed E-state index contributed by atoms with van der Waals surface area (Å²) in [6.07, 6.45) is 2.33. The van der Waals surface area contributed by atoms with Gasteiger partial charge in [-0.15, -0.1) is 11.3 Å². The van der Waals surface area contributed by atoms with Crippen LogP contribution in [0.4, 0.5) is 0 Å². The molecule has 1 fully saturated rings. The number of thiophene rings is 1. The maximum Gasteiger partial charge on any atom is 0.317 e. The molecule has 1 aliphatic rings. The number of carboxylic acid groups (broad SMARTS) is 1. The van der Waals surface area contributed by atoms with Crippen molar-refractivity contribution in [2.75, 3.05) is 19.7 Å². The van der Waals surface area contributed by atoms with Crippen LogP contribution in [0.1, 0.15) is 17.7 Å². The van der Waals surface area contributed by atoms with E-state index in [0.717, 1.165) is 19.4 Å². The van der Waals surface area contributed by atoms with Gasteiger partial charge in [0, 0.05) is 24.6 Å². The fraction of sp³-hybridized carbons (Fsp3) is 0.583. The molecule has 0 amide bonds. The average Bonchev–Trinajstić information content (AvgIpc) is 2.89. The van der Waals surface area contributed by atoms with Gasteiger partial charge in [0.2, 0.25) is 0 Å². The van der Waals surface area contributed by atoms with E-state index in [0.29, 0.717) is 13.1 Å².